The molecule has 0 aromatic heterocycles. The molecule has 0 bridgehead atoms. The molecule has 0 unspecified atom stereocenters. The molecule has 0 spiro atoms. The van der Waals surface area contributed by atoms with E-state index in [0.29, 0.717) is 19.6 Å². The second kappa shape index (κ2) is 8.51. The van der Waals surface area contributed by atoms with Crippen molar-refractivity contribution in [2.24, 2.45) is 0 Å². The van der Waals surface area contributed by atoms with Crippen molar-refractivity contribution in [3.8, 4) is 0 Å². The van der Waals surface area contributed by atoms with Gasteiger partial charge in [-0.25, -0.2) is 4.79 Å². The van der Waals surface area contributed by atoms with Gasteiger partial charge in [-0.05, 0) is 24.8 Å². The van der Waals surface area contributed by atoms with Crippen molar-refractivity contribution < 1.29 is 24.2 Å². The van der Waals surface area contributed by atoms with E-state index in [0.717, 1.165) is 24.8 Å². The van der Waals surface area contributed by atoms with E-state index in [1.54, 1.807) is 12.0 Å². The van der Waals surface area contributed by atoms with Crippen molar-refractivity contribution in [2.45, 2.75) is 56.6 Å². The summed E-state index contributed by atoms with van der Waals surface area (Å²) in [5, 5.41) is 11.2. The smallest absolute Gasteiger partial charge is 0.405 e. The standard InChI is InChI=1S/C19H26N2O5/c1-25-17-11-14(26-12-13-5-3-2-4-6-13)7-8-16(17)21-10-9-15(18(21)22)20-19(23)24/h2-6,14-17,20H,7-12H2,1H3,(H,23,24)/t14-,15+,16-,17+/m1/s1. The van der Waals surface area contributed by atoms with Crippen LogP contribution in [0.25, 0.3) is 0 Å². The maximum atomic E-state index is 12.5. The molecule has 4 atom stereocenters. The number of rotatable bonds is 6. The molecule has 2 N–H and O–H groups in total. The summed E-state index contributed by atoms with van der Waals surface area (Å²) in [5.74, 6) is -0.150. The molecule has 1 aliphatic carbocycles. The molecule has 142 valence electrons. The average molecular weight is 362 g/mol. The molecule has 2 fully saturated rings. The third-order valence-electron chi connectivity index (χ3n) is 5.28. The van der Waals surface area contributed by atoms with Crippen LogP contribution in [0.15, 0.2) is 30.3 Å². The highest BCUT2D eigenvalue weighted by Gasteiger charge is 2.42. The second-order valence-electron chi connectivity index (χ2n) is 6.90. The Bertz CT molecular complexity index is 624. The fourth-order valence-corrected chi connectivity index (χ4v) is 3.94. The minimum Gasteiger partial charge on any atom is -0.465 e. The quantitative estimate of drug-likeness (QED) is 0.808. The lowest BCUT2D eigenvalue weighted by Crippen LogP contribution is -2.52. The zero-order chi connectivity index (χ0) is 18.5. The largest absolute Gasteiger partial charge is 0.465 e. The maximum absolute atomic E-state index is 12.5. The summed E-state index contributed by atoms with van der Waals surface area (Å²) in [4.78, 5) is 25.1. The van der Waals surface area contributed by atoms with Gasteiger partial charge in [0.25, 0.3) is 0 Å². The van der Waals surface area contributed by atoms with Crippen molar-refractivity contribution in [2.75, 3.05) is 13.7 Å². The van der Waals surface area contributed by atoms with Crippen molar-refractivity contribution in [3.63, 3.8) is 0 Å². The van der Waals surface area contributed by atoms with Gasteiger partial charge in [-0.2, -0.15) is 0 Å². The molecule has 1 saturated heterocycles. The fraction of sp³-hybridized carbons (Fsp3) is 0.579. The third kappa shape index (κ3) is 4.34. The van der Waals surface area contributed by atoms with Crippen molar-refractivity contribution in [1.29, 1.82) is 0 Å². The average Bonchev–Trinajstić information content (AvgIpc) is 3.00. The Labute approximate surface area is 153 Å². The zero-order valence-electron chi connectivity index (χ0n) is 15.0. The molecule has 1 heterocycles. The Morgan fingerprint density at radius 2 is 2.04 bits per heavy atom. The fourth-order valence-electron chi connectivity index (χ4n) is 3.94. The molecule has 1 saturated carbocycles. The molecule has 3 rings (SSSR count). The lowest BCUT2D eigenvalue weighted by Gasteiger charge is -2.40. The third-order valence-corrected chi connectivity index (χ3v) is 5.28. The number of hydrogen-bond donors (Lipinski definition) is 2. The van der Waals surface area contributed by atoms with Gasteiger partial charge in [0.15, 0.2) is 0 Å². The van der Waals surface area contributed by atoms with Gasteiger partial charge in [0, 0.05) is 20.1 Å². The summed E-state index contributed by atoms with van der Waals surface area (Å²) in [6, 6.07) is 9.38. The number of nitrogens with one attached hydrogen (secondary N) is 1. The molecule has 0 radical (unpaired) electrons. The van der Waals surface area contributed by atoms with Gasteiger partial charge >= 0.3 is 6.09 Å². The predicted molar refractivity (Wildman–Crippen MR) is 94.7 cm³/mol. The van der Waals surface area contributed by atoms with Gasteiger partial charge in [0.05, 0.1) is 24.9 Å². The lowest BCUT2D eigenvalue weighted by molar-refractivity contribution is -0.138. The minimum absolute atomic E-state index is 0.0235. The number of ether oxygens (including phenoxy) is 2. The minimum atomic E-state index is -1.16. The van der Waals surface area contributed by atoms with Crippen molar-refractivity contribution in [3.05, 3.63) is 35.9 Å². The monoisotopic (exact) mass is 362 g/mol. The van der Waals surface area contributed by atoms with E-state index >= 15 is 0 Å². The number of carboxylic acid groups (broad SMARTS) is 1. The van der Waals surface area contributed by atoms with Crippen LogP contribution < -0.4 is 5.32 Å². The molecular formula is C19H26N2O5. The van der Waals surface area contributed by atoms with Gasteiger partial charge in [0.2, 0.25) is 5.91 Å². The van der Waals surface area contributed by atoms with Crippen LogP contribution in [0.1, 0.15) is 31.2 Å². The van der Waals surface area contributed by atoms with Crippen LogP contribution in [0.5, 0.6) is 0 Å². The van der Waals surface area contributed by atoms with Crippen LogP contribution in [0, 0.1) is 0 Å². The first-order valence-corrected chi connectivity index (χ1v) is 9.06. The number of carbonyl (C=O) groups is 2. The van der Waals surface area contributed by atoms with Gasteiger partial charge < -0.3 is 24.8 Å². The van der Waals surface area contributed by atoms with Crippen molar-refractivity contribution in [1.82, 2.24) is 10.2 Å². The summed E-state index contributed by atoms with van der Waals surface area (Å²) in [5.41, 5.74) is 1.14. The van der Waals surface area contributed by atoms with E-state index < -0.39 is 12.1 Å². The summed E-state index contributed by atoms with van der Waals surface area (Å²) >= 11 is 0. The Morgan fingerprint density at radius 3 is 2.73 bits per heavy atom. The summed E-state index contributed by atoms with van der Waals surface area (Å²) in [7, 11) is 1.66. The highest BCUT2D eigenvalue weighted by Crippen LogP contribution is 2.30. The van der Waals surface area contributed by atoms with Gasteiger partial charge in [-0.3, -0.25) is 4.79 Å². The molecule has 2 aliphatic rings. The van der Waals surface area contributed by atoms with E-state index in [4.69, 9.17) is 14.6 Å². The number of likely N-dealkylation sites (tertiary alicyclic amines) is 1. The SMILES string of the molecule is CO[C@H]1C[C@H](OCc2ccccc2)CC[C@H]1N1CC[C@H](NC(=O)O)C1=O. The van der Waals surface area contributed by atoms with E-state index in [2.05, 4.69) is 5.32 Å². The van der Waals surface area contributed by atoms with E-state index in [-0.39, 0.29) is 24.2 Å². The van der Waals surface area contributed by atoms with Crippen LogP contribution in [-0.2, 0) is 20.9 Å². The van der Waals surface area contributed by atoms with Crippen molar-refractivity contribution >= 4 is 12.0 Å². The number of hydrogen-bond acceptors (Lipinski definition) is 4. The summed E-state index contributed by atoms with van der Waals surface area (Å²) in [6.45, 7) is 1.13. The van der Waals surface area contributed by atoms with Gasteiger partial charge in [0.1, 0.15) is 6.04 Å². The normalized spacial score (nSPS) is 29.0. The predicted octanol–water partition coefficient (Wildman–Crippen LogP) is 2.01. The molecular weight excluding hydrogens is 336 g/mol. The first kappa shape index (κ1) is 18.7. The highest BCUT2D eigenvalue weighted by molar-refractivity contribution is 5.87. The van der Waals surface area contributed by atoms with Gasteiger partial charge in [-0.1, -0.05) is 30.3 Å². The van der Waals surface area contributed by atoms with Crippen LogP contribution in [0.4, 0.5) is 4.79 Å². The lowest BCUT2D eigenvalue weighted by atomic mass is 9.89. The van der Waals surface area contributed by atoms with Crippen LogP contribution in [0.2, 0.25) is 0 Å². The number of carbonyl (C=O) groups excluding carboxylic acids is 1. The number of amides is 2. The van der Waals surface area contributed by atoms with E-state index in [1.165, 1.54) is 0 Å². The molecule has 7 heteroatoms. The number of methoxy groups -OCH3 is 1. The molecule has 1 aliphatic heterocycles. The van der Waals surface area contributed by atoms with Crippen LogP contribution in [0.3, 0.4) is 0 Å². The van der Waals surface area contributed by atoms with Gasteiger partial charge in [-0.15, -0.1) is 0 Å². The van der Waals surface area contributed by atoms with E-state index in [9.17, 15) is 9.59 Å². The molecule has 26 heavy (non-hydrogen) atoms. The van der Waals surface area contributed by atoms with Crippen LogP contribution in [-0.4, -0.2) is 60.0 Å². The second-order valence-corrected chi connectivity index (χ2v) is 6.90. The molecule has 1 aromatic rings. The molecule has 2 amide bonds. The zero-order valence-corrected chi connectivity index (χ0v) is 15.0. The Kier molecular flexibility index (Phi) is 6.11. The Hall–Kier alpha value is -2.12. The van der Waals surface area contributed by atoms with Crippen LogP contribution >= 0.6 is 0 Å². The molecule has 7 nitrogen and oxygen atoms in total. The van der Waals surface area contributed by atoms with E-state index in [1.807, 2.05) is 30.3 Å². The topological polar surface area (TPSA) is 88.1 Å². The maximum Gasteiger partial charge on any atom is 0.405 e. The Morgan fingerprint density at radius 1 is 1.27 bits per heavy atom. The number of benzene rings is 1. The first-order valence-electron chi connectivity index (χ1n) is 9.06. The summed E-state index contributed by atoms with van der Waals surface area (Å²) < 4.78 is 11.7. The molecule has 1 aromatic carbocycles. The summed E-state index contributed by atoms with van der Waals surface area (Å²) in [6.07, 6.45) is 1.73. The Balaban J connectivity index is 1.55. The first-order chi connectivity index (χ1) is 12.6. The number of nitrogens with zero attached hydrogens (tertiary/aromatic N) is 1. The highest BCUT2D eigenvalue weighted by atomic mass is 16.5.